The Balaban J connectivity index is 1.80. The SMILES string of the molecule is O=C(OCOCOC(=O)c1c(F)cccc1F)c1c(F)cccc1F. The van der Waals surface area contributed by atoms with E-state index in [1.165, 1.54) is 0 Å². The van der Waals surface area contributed by atoms with Crippen LogP contribution in [0, 0.1) is 23.3 Å². The van der Waals surface area contributed by atoms with E-state index in [1.807, 2.05) is 0 Å². The number of rotatable bonds is 6. The zero-order valence-corrected chi connectivity index (χ0v) is 12.4. The first-order valence-electron chi connectivity index (χ1n) is 6.72. The van der Waals surface area contributed by atoms with E-state index in [9.17, 15) is 27.2 Å². The van der Waals surface area contributed by atoms with Crippen LogP contribution in [0.4, 0.5) is 17.6 Å². The fourth-order valence-corrected chi connectivity index (χ4v) is 1.75. The van der Waals surface area contributed by atoms with E-state index in [4.69, 9.17) is 0 Å². The Labute approximate surface area is 138 Å². The van der Waals surface area contributed by atoms with E-state index < -0.39 is 59.9 Å². The van der Waals surface area contributed by atoms with Gasteiger partial charge in [0, 0.05) is 0 Å². The summed E-state index contributed by atoms with van der Waals surface area (Å²) in [7, 11) is 0. The fraction of sp³-hybridized carbons (Fsp3) is 0.125. The summed E-state index contributed by atoms with van der Waals surface area (Å²) in [5.74, 6) is -7.14. The summed E-state index contributed by atoms with van der Waals surface area (Å²) < 4.78 is 66.8. The van der Waals surface area contributed by atoms with Gasteiger partial charge in [-0.15, -0.1) is 0 Å². The smallest absolute Gasteiger partial charge is 0.346 e. The summed E-state index contributed by atoms with van der Waals surface area (Å²) in [6, 6.07) is 5.60. The van der Waals surface area contributed by atoms with Crippen molar-refractivity contribution in [2.45, 2.75) is 0 Å². The number of ether oxygens (including phenoxy) is 3. The van der Waals surface area contributed by atoms with E-state index in [1.54, 1.807) is 0 Å². The highest BCUT2D eigenvalue weighted by atomic mass is 19.1. The van der Waals surface area contributed by atoms with Crippen molar-refractivity contribution >= 4 is 11.9 Å². The number of hydrogen-bond donors (Lipinski definition) is 0. The van der Waals surface area contributed by atoms with Crippen LogP contribution in [0.25, 0.3) is 0 Å². The quantitative estimate of drug-likeness (QED) is 0.344. The third-order valence-electron chi connectivity index (χ3n) is 2.88. The lowest BCUT2D eigenvalue weighted by atomic mass is 10.2. The number of benzene rings is 2. The van der Waals surface area contributed by atoms with Crippen LogP contribution >= 0.6 is 0 Å². The molecule has 2 aromatic rings. The topological polar surface area (TPSA) is 61.8 Å². The summed E-state index contributed by atoms with van der Waals surface area (Å²) >= 11 is 0. The normalized spacial score (nSPS) is 10.4. The Morgan fingerprint density at radius 3 is 1.32 bits per heavy atom. The number of hydrogen-bond acceptors (Lipinski definition) is 5. The van der Waals surface area contributed by atoms with Crippen LogP contribution in [0.2, 0.25) is 0 Å². The van der Waals surface area contributed by atoms with Gasteiger partial charge in [-0.1, -0.05) is 12.1 Å². The van der Waals surface area contributed by atoms with Gasteiger partial charge < -0.3 is 14.2 Å². The molecule has 5 nitrogen and oxygen atoms in total. The van der Waals surface area contributed by atoms with Gasteiger partial charge >= 0.3 is 11.9 Å². The number of esters is 2. The third-order valence-corrected chi connectivity index (χ3v) is 2.88. The molecule has 132 valence electrons. The molecular formula is C16H10F4O5. The largest absolute Gasteiger partial charge is 0.435 e. The van der Waals surface area contributed by atoms with Crippen LogP contribution in [-0.2, 0) is 14.2 Å². The minimum atomic E-state index is -1.33. The minimum Gasteiger partial charge on any atom is -0.435 e. The minimum absolute atomic E-state index is 0.806. The highest BCUT2D eigenvalue weighted by molar-refractivity contribution is 5.90. The van der Waals surface area contributed by atoms with Gasteiger partial charge in [-0.3, -0.25) is 0 Å². The van der Waals surface area contributed by atoms with Crippen molar-refractivity contribution in [3.63, 3.8) is 0 Å². The average Bonchev–Trinajstić information content (AvgIpc) is 2.54. The molecule has 0 N–H and O–H groups in total. The second-order valence-corrected chi connectivity index (χ2v) is 4.50. The molecule has 0 unspecified atom stereocenters. The van der Waals surface area contributed by atoms with E-state index in [0.29, 0.717) is 0 Å². The molecule has 0 fully saturated rings. The molecule has 0 atom stereocenters. The predicted molar refractivity (Wildman–Crippen MR) is 74.4 cm³/mol. The van der Waals surface area contributed by atoms with Crippen molar-refractivity contribution in [1.82, 2.24) is 0 Å². The van der Waals surface area contributed by atoms with Crippen molar-refractivity contribution in [2.24, 2.45) is 0 Å². The lowest BCUT2D eigenvalue weighted by Gasteiger charge is -2.08. The highest BCUT2D eigenvalue weighted by Crippen LogP contribution is 2.14. The third kappa shape index (κ3) is 4.54. The molecule has 0 bridgehead atoms. The molecule has 0 aliphatic heterocycles. The highest BCUT2D eigenvalue weighted by Gasteiger charge is 2.20. The van der Waals surface area contributed by atoms with Crippen molar-refractivity contribution in [3.05, 3.63) is 70.8 Å². The first-order chi connectivity index (χ1) is 11.9. The Morgan fingerprint density at radius 1 is 0.680 bits per heavy atom. The Hall–Kier alpha value is -2.94. The molecule has 0 aliphatic carbocycles. The monoisotopic (exact) mass is 358 g/mol. The Morgan fingerprint density at radius 2 is 1.00 bits per heavy atom. The second-order valence-electron chi connectivity index (χ2n) is 4.50. The lowest BCUT2D eigenvalue weighted by molar-refractivity contribution is -0.0935. The van der Waals surface area contributed by atoms with Crippen LogP contribution in [0.15, 0.2) is 36.4 Å². The number of carbonyl (C=O) groups excluding carboxylic acids is 2. The maximum Gasteiger partial charge on any atom is 0.346 e. The van der Waals surface area contributed by atoms with Gasteiger partial charge in [0.15, 0.2) is 13.6 Å². The van der Waals surface area contributed by atoms with Gasteiger partial charge in [-0.2, -0.15) is 0 Å². The first kappa shape index (κ1) is 18.4. The molecule has 25 heavy (non-hydrogen) atoms. The average molecular weight is 358 g/mol. The molecule has 9 heteroatoms. The molecule has 0 saturated carbocycles. The standard InChI is InChI=1S/C16H10F4O5/c17-9-3-1-4-10(18)13(9)15(21)24-7-23-8-25-16(22)14-11(19)5-2-6-12(14)20/h1-6H,7-8H2. The van der Waals surface area contributed by atoms with Crippen LogP contribution < -0.4 is 0 Å². The van der Waals surface area contributed by atoms with Crippen LogP contribution in [0.3, 0.4) is 0 Å². The van der Waals surface area contributed by atoms with Gasteiger partial charge in [-0.05, 0) is 24.3 Å². The Kier molecular flexibility index (Phi) is 6.07. The molecule has 0 heterocycles. The molecule has 0 aromatic heterocycles. The van der Waals surface area contributed by atoms with Gasteiger partial charge in [0.1, 0.15) is 34.4 Å². The first-order valence-corrected chi connectivity index (χ1v) is 6.72. The summed E-state index contributed by atoms with van der Waals surface area (Å²) in [5, 5.41) is 0. The zero-order valence-electron chi connectivity index (χ0n) is 12.4. The van der Waals surface area contributed by atoms with Gasteiger partial charge in [-0.25, -0.2) is 27.2 Å². The molecule has 0 amide bonds. The second kappa shape index (κ2) is 8.25. The molecule has 2 rings (SSSR count). The molecule has 0 aliphatic rings. The predicted octanol–water partition coefficient (Wildman–Crippen LogP) is 3.19. The Bertz CT molecular complexity index is 688. The van der Waals surface area contributed by atoms with Gasteiger partial charge in [0.25, 0.3) is 0 Å². The van der Waals surface area contributed by atoms with Gasteiger partial charge in [0.05, 0.1) is 0 Å². The van der Waals surface area contributed by atoms with Gasteiger partial charge in [0.2, 0.25) is 0 Å². The lowest BCUT2D eigenvalue weighted by Crippen LogP contribution is -2.16. The van der Waals surface area contributed by atoms with Crippen LogP contribution in [-0.4, -0.2) is 25.5 Å². The molecule has 0 spiro atoms. The van der Waals surface area contributed by atoms with Crippen molar-refractivity contribution in [2.75, 3.05) is 13.6 Å². The molecule has 0 radical (unpaired) electrons. The maximum atomic E-state index is 13.3. The van der Waals surface area contributed by atoms with Crippen LogP contribution in [0.5, 0.6) is 0 Å². The zero-order chi connectivity index (χ0) is 18.4. The molecule has 0 saturated heterocycles. The van der Waals surface area contributed by atoms with E-state index in [-0.39, 0.29) is 0 Å². The number of halogens is 4. The summed E-state index contributed by atoms with van der Waals surface area (Å²) in [5.41, 5.74) is -1.81. The molecule has 2 aromatic carbocycles. The maximum absolute atomic E-state index is 13.3. The summed E-state index contributed by atoms with van der Waals surface area (Å²) in [4.78, 5) is 23.0. The van der Waals surface area contributed by atoms with Crippen LogP contribution in [0.1, 0.15) is 20.7 Å². The van der Waals surface area contributed by atoms with E-state index in [0.717, 1.165) is 36.4 Å². The van der Waals surface area contributed by atoms with Crippen molar-refractivity contribution < 1.29 is 41.4 Å². The summed E-state index contributed by atoms with van der Waals surface area (Å²) in [6.45, 7) is -1.61. The van der Waals surface area contributed by atoms with E-state index >= 15 is 0 Å². The number of carbonyl (C=O) groups is 2. The fourth-order valence-electron chi connectivity index (χ4n) is 1.75. The van der Waals surface area contributed by atoms with E-state index in [2.05, 4.69) is 14.2 Å². The van der Waals surface area contributed by atoms with Crippen molar-refractivity contribution in [3.8, 4) is 0 Å². The summed E-state index contributed by atoms with van der Waals surface area (Å²) in [6.07, 6.45) is 0. The molecular weight excluding hydrogens is 348 g/mol. The van der Waals surface area contributed by atoms with Crippen molar-refractivity contribution in [1.29, 1.82) is 0 Å².